The number of rotatable bonds is 4. The van der Waals surface area contributed by atoms with Gasteiger partial charge in [-0.05, 0) is 102 Å². The van der Waals surface area contributed by atoms with Crippen molar-refractivity contribution in [1.29, 1.82) is 0 Å². The number of nitrogens with zero attached hydrogens (tertiary/aromatic N) is 1. The van der Waals surface area contributed by atoms with Crippen LogP contribution < -0.4 is 4.72 Å². The number of nitrogens with one attached hydrogen (secondary N) is 1. The first-order chi connectivity index (χ1) is 17.7. The van der Waals surface area contributed by atoms with Crippen LogP contribution in [0.2, 0.25) is 18.1 Å². The van der Waals surface area contributed by atoms with Crippen LogP contribution >= 0.6 is 0 Å². The third kappa shape index (κ3) is 7.83. The largest absolute Gasteiger partial charge is 0.598 e. The molecule has 1 N–H and O–H groups in total. The molecule has 1 amide bonds. The van der Waals surface area contributed by atoms with E-state index >= 15 is 0 Å². The average molecular weight is 575 g/mol. The number of carbonyl (C=O) groups is 1. The van der Waals surface area contributed by atoms with Gasteiger partial charge in [-0.1, -0.05) is 38.7 Å². The number of hydrogen-bond donors (Lipinski definition) is 1. The summed E-state index contributed by atoms with van der Waals surface area (Å²) in [6.45, 7) is 24.5. The molecule has 1 saturated heterocycles. The van der Waals surface area contributed by atoms with Crippen molar-refractivity contribution in [3.05, 3.63) is 34.9 Å². The van der Waals surface area contributed by atoms with Gasteiger partial charge >= 0.3 is 6.09 Å². The Bertz CT molecular complexity index is 1100. The highest BCUT2D eigenvalue weighted by Gasteiger charge is 2.51. The summed E-state index contributed by atoms with van der Waals surface area (Å²) in [5, 5.41) is 0.150. The van der Waals surface area contributed by atoms with Crippen LogP contribution in [-0.4, -0.2) is 53.9 Å². The molecule has 1 aliphatic heterocycles. The van der Waals surface area contributed by atoms with Crippen molar-refractivity contribution in [1.82, 2.24) is 9.62 Å². The van der Waals surface area contributed by atoms with E-state index in [2.05, 4.69) is 68.6 Å². The van der Waals surface area contributed by atoms with Crippen molar-refractivity contribution >= 4 is 25.8 Å². The Balaban J connectivity index is 1.82. The molecule has 218 valence electrons. The SMILES string of the molecule is CC(C)(C)OC(=O)N1CCC2(CC1)Cc1ccc(C#CCO[Si](C)(C)C(C)(C)C)cc1[C@H]2N[S+]([O-])C(C)(C)C. The third-order valence-corrected chi connectivity index (χ3v) is 14.4. The van der Waals surface area contributed by atoms with Crippen LogP contribution in [0.3, 0.4) is 0 Å². The average Bonchev–Trinajstić information content (AvgIpc) is 3.06. The predicted octanol–water partition coefficient (Wildman–Crippen LogP) is 6.73. The molecule has 0 saturated carbocycles. The second-order valence-electron chi connectivity index (χ2n) is 14.7. The lowest BCUT2D eigenvalue weighted by molar-refractivity contribution is 0.00716. The van der Waals surface area contributed by atoms with Gasteiger partial charge in [0.1, 0.15) is 10.3 Å². The van der Waals surface area contributed by atoms with Crippen LogP contribution in [-0.2, 0) is 26.9 Å². The molecule has 8 heteroatoms. The van der Waals surface area contributed by atoms with E-state index in [1.165, 1.54) is 11.1 Å². The molecule has 0 radical (unpaired) electrons. The molecule has 1 aromatic carbocycles. The van der Waals surface area contributed by atoms with Gasteiger partial charge in [-0.2, -0.15) is 0 Å². The van der Waals surface area contributed by atoms with E-state index in [9.17, 15) is 9.35 Å². The fourth-order valence-electron chi connectivity index (χ4n) is 4.88. The molecule has 1 unspecified atom stereocenters. The monoisotopic (exact) mass is 574 g/mol. The van der Waals surface area contributed by atoms with Gasteiger partial charge in [0.25, 0.3) is 0 Å². The maximum Gasteiger partial charge on any atom is 0.410 e. The Hall–Kier alpha value is -1.50. The van der Waals surface area contributed by atoms with Gasteiger partial charge in [0.05, 0.1) is 12.6 Å². The maximum atomic E-state index is 13.3. The van der Waals surface area contributed by atoms with Crippen LogP contribution in [0.25, 0.3) is 0 Å². The van der Waals surface area contributed by atoms with Crippen molar-refractivity contribution in [2.75, 3.05) is 19.7 Å². The summed E-state index contributed by atoms with van der Waals surface area (Å²) in [5.41, 5.74) is 2.77. The van der Waals surface area contributed by atoms with Gasteiger partial charge in [-0.25, -0.2) is 4.79 Å². The maximum absolute atomic E-state index is 13.3. The summed E-state index contributed by atoms with van der Waals surface area (Å²) in [7, 11) is -1.84. The van der Waals surface area contributed by atoms with E-state index in [1.807, 2.05) is 46.4 Å². The van der Waals surface area contributed by atoms with Gasteiger partial charge in [0.2, 0.25) is 0 Å². The summed E-state index contributed by atoms with van der Waals surface area (Å²) in [6, 6.07) is 6.36. The zero-order valence-corrected chi connectivity index (χ0v) is 27.9. The zero-order chi connectivity index (χ0) is 29.4. The molecular weight excluding hydrogens is 525 g/mol. The summed E-state index contributed by atoms with van der Waals surface area (Å²) >= 11 is -1.23. The van der Waals surface area contributed by atoms with Gasteiger partial charge in [-0.15, -0.1) is 4.72 Å². The zero-order valence-electron chi connectivity index (χ0n) is 26.0. The number of likely N-dealkylation sites (tertiary alicyclic amines) is 1. The Labute approximate surface area is 241 Å². The second kappa shape index (κ2) is 11.4. The summed E-state index contributed by atoms with van der Waals surface area (Å²) in [5.74, 6) is 6.54. The van der Waals surface area contributed by atoms with E-state index in [4.69, 9.17) is 9.16 Å². The Morgan fingerprint density at radius 3 is 2.28 bits per heavy atom. The molecule has 1 spiro atoms. The molecule has 2 aliphatic rings. The minimum Gasteiger partial charge on any atom is -0.598 e. The summed E-state index contributed by atoms with van der Waals surface area (Å²) < 4.78 is 28.3. The number of fused-ring (bicyclic) bond motifs is 1. The van der Waals surface area contributed by atoms with E-state index in [-0.39, 0.29) is 27.3 Å². The standard InChI is InChI=1S/C31H50N2O4SSi/c1-28(2,3)37-27(34)33-18-16-31(17-19-33)22-24-15-14-23(13-12-20-36-39(10,11)30(7,8)9)21-25(24)26(31)32-38(35)29(4,5)6/h14-15,21,26,32H,16-20,22H2,1-11H3/t26-,38?/m1/s1. The molecule has 1 fully saturated rings. The quantitative estimate of drug-likeness (QED) is 0.245. The van der Waals surface area contributed by atoms with Crippen molar-refractivity contribution in [2.24, 2.45) is 5.41 Å². The van der Waals surface area contributed by atoms with Crippen LogP contribution in [0.4, 0.5) is 4.79 Å². The van der Waals surface area contributed by atoms with E-state index in [0.29, 0.717) is 19.7 Å². The highest BCUT2D eigenvalue weighted by Crippen LogP contribution is 2.53. The van der Waals surface area contributed by atoms with Gasteiger partial charge in [-0.3, -0.25) is 0 Å². The van der Waals surface area contributed by atoms with Crippen molar-refractivity contribution in [2.45, 2.75) is 116 Å². The van der Waals surface area contributed by atoms with E-state index < -0.39 is 25.3 Å². The smallest absolute Gasteiger partial charge is 0.410 e. The predicted molar refractivity (Wildman–Crippen MR) is 163 cm³/mol. The highest BCUT2D eigenvalue weighted by molar-refractivity contribution is 7.90. The number of amides is 1. The normalized spacial score (nSPS) is 20.3. The van der Waals surface area contributed by atoms with Crippen LogP contribution in [0.15, 0.2) is 18.2 Å². The summed E-state index contributed by atoms with van der Waals surface area (Å²) in [4.78, 5) is 14.5. The number of hydrogen-bond acceptors (Lipinski definition) is 5. The molecule has 1 aromatic rings. The molecular formula is C31H50N2O4SSi. The molecule has 1 aliphatic carbocycles. The number of benzene rings is 1. The lowest BCUT2D eigenvalue weighted by Gasteiger charge is -2.43. The second-order valence-corrected chi connectivity index (χ2v) is 21.5. The molecule has 39 heavy (non-hydrogen) atoms. The first-order valence-corrected chi connectivity index (χ1v) is 18.2. The molecule has 2 atom stereocenters. The van der Waals surface area contributed by atoms with Gasteiger partial charge in [0, 0.05) is 35.4 Å². The van der Waals surface area contributed by atoms with Gasteiger partial charge < -0.3 is 18.6 Å². The number of piperidine rings is 1. The van der Waals surface area contributed by atoms with Crippen LogP contribution in [0.5, 0.6) is 0 Å². The number of carbonyl (C=O) groups excluding carboxylic acids is 1. The lowest BCUT2D eigenvalue weighted by Crippen LogP contribution is -2.51. The molecule has 0 bridgehead atoms. The highest BCUT2D eigenvalue weighted by atomic mass is 32.2. The molecule has 6 nitrogen and oxygen atoms in total. The van der Waals surface area contributed by atoms with Crippen LogP contribution in [0.1, 0.15) is 97.9 Å². The van der Waals surface area contributed by atoms with E-state index in [1.54, 1.807) is 0 Å². The minimum atomic E-state index is -1.84. The van der Waals surface area contributed by atoms with E-state index in [0.717, 1.165) is 24.8 Å². The lowest BCUT2D eigenvalue weighted by atomic mass is 9.73. The minimum absolute atomic E-state index is 0.0708. The Kier molecular flexibility index (Phi) is 9.36. The van der Waals surface area contributed by atoms with Crippen molar-refractivity contribution < 1.29 is 18.5 Å². The fourth-order valence-corrected chi connectivity index (χ4v) is 6.69. The Morgan fingerprint density at radius 2 is 1.74 bits per heavy atom. The Morgan fingerprint density at radius 1 is 1.13 bits per heavy atom. The van der Waals surface area contributed by atoms with Crippen molar-refractivity contribution in [3.8, 4) is 11.8 Å². The number of ether oxygens (including phenoxy) is 1. The van der Waals surface area contributed by atoms with Crippen molar-refractivity contribution in [3.63, 3.8) is 0 Å². The molecule has 3 rings (SSSR count). The fraction of sp³-hybridized carbons (Fsp3) is 0.710. The van der Waals surface area contributed by atoms with Gasteiger partial charge in [0.15, 0.2) is 8.32 Å². The first kappa shape index (κ1) is 32.0. The summed E-state index contributed by atoms with van der Waals surface area (Å²) in [6.07, 6.45) is 2.28. The topological polar surface area (TPSA) is 73.9 Å². The molecule has 0 aromatic heterocycles. The van der Waals surface area contributed by atoms with Crippen LogP contribution in [0, 0.1) is 17.3 Å². The molecule has 1 heterocycles. The first-order valence-electron chi connectivity index (χ1n) is 14.2. The third-order valence-electron chi connectivity index (χ3n) is 8.35.